The summed E-state index contributed by atoms with van der Waals surface area (Å²) in [6.45, 7) is 1.99. The summed E-state index contributed by atoms with van der Waals surface area (Å²) in [6, 6.07) is 5.11. The Morgan fingerprint density at radius 3 is 2.68 bits per heavy atom. The fourth-order valence-electron chi connectivity index (χ4n) is 1.54. The van der Waals surface area contributed by atoms with E-state index >= 15 is 0 Å². The molecule has 1 rings (SSSR count). The normalized spacial score (nSPS) is 11.9. The third kappa shape index (κ3) is 4.89. The Balaban J connectivity index is 2.61. The molecule has 0 aromatic heterocycles. The summed E-state index contributed by atoms with van der Waals surface area (Å²) in [5.41, 5.74) is 1.32. The molecule has 1 aromatic rings. The first-order chi connectivity index (χ1) is 8.93. The number of methoxy groups -OCH3 is 1. The Morgan fingerprint density at radius 1 is 1.47 bits per heavy atom. The van der Waals surface area contributed by atoms with Crippen molar-refractivity contribution in [1.82, 2.24) is 5.32 Å². The minimum Gasteiger partial charge on any atom is -0.481 e. The lowest BCUT2D eigenvalue weighted by atomic mass is 10.1. The molecule has 0 aliphatic heterocycles. The summed E-state index contributed by atoms with van der Waals surface area (Å²) in [5.74, 6) is -1.33. The van der Waals surface area contributed by atoms with Crippen LogP contribution in [0.4, 0.5) is 0 Å². The lowest BCUT2D eigenvalue weighted by Crippen LogP contribution is -2.34. The largest absolute Gasteiger partial charge is 0.481 e. The van der Waals surface area contributed by atoms with Gasteiger partial charge in [-0.1, -0.05) is 17.7 Å². The van der Waals surface area contributed by atoms with Crippen LogP contribution in [-0.4, -0.2) is 36.7 Å². The van der Waals surface area contributed by atoms with E-state index in [1.54, 1.807) is 18.2 Å². The van der Waals surface area contributed by atoms with Gasteiger partial charge in [0.15, 0.2) is 0 Å². The van der Waals surface area contributed by atoms with E-state index in [4.69, 9.17) is 21.4 Å². The highest BCUT2D eigenvalue weighted by molar-refractivity contribution is 6.33. The number of rotatable bonds is 6. The molecule has 1 aromatic carbocycles. The first kappa shape index (κ1) is 15.5. The summed E-state index contributed by atoms with van der Waals surface area (Å²) in [6.07, 6.45) is -0.732. The van der Waals surface area contributed by atoms with Crippen LogP contribution in [0.3, 0.4) is 0 Å². The number of carboxylic acid groups (broad SMARTS) is 1. The molecular formula is C13H16ClNO4. The van der Waals surface area contributed by atoms with Gasteiger partial charge >= 0.3 is 5.97 Å². The van der Waals surface area contributed by atoms with Crippen LogP contribution in [0.25, 0.3) is 0 Å². The second-order valence-electron chi connectivity index (χ2n) is 4.15. The fraction of sp³-hybridized carbons (Fsp3) is 0.385. The summed E-state index contributed by atoms with van der Waals surface area (Å²) < 4.78 is 4.97. The molecular weight excluding hydrogens is 270 g/mol. The van der Waals surface area contributed by atoms with E-state index in [0.717, 1.165) is 5.56 Å². The van der Waals surface area contributed by atoms with Gasteiger partial charge in [0, 0.05) is 13.7 Å². The van der Waals surface area contributed by atoms with Crippen molar-refractivity contribution in [3.05, 3.63) is 34.3 Å². The molecule has 1 amide bonds. The van der Waals surface area contributed by atoms with Crippen molar-refractivity contribution < 1.29 is 19.4 Å². The molecule has 104 valence electrons. The maximum absolute atomic E-state index is 11.9. The molecule has 0 aliphatic carbocycles. The maximum Gasteiger partial charge on any atom is 0.306 e. The molecule has 0 saturated carbocycles. The number of hydrogen-bond donors (Lipinski definition) is 2. The number of benzene rings is 1. The zero-order valence-corrected chi connectivity index (χ0v) is 11.5. The van der Waals surface area contributed by atoms with Crippen LogP contribution < -0.4 is 5.32 Å². The first-order valence-corrected chi connectivity index (χ1v) is 6.10. The molecule has 2 N–H and O–H groups in total. The number of halogens is 1. The van der Waals surface area contributed by atoms with E-state index in [1.165, 1.54) is 7.11 Å². The summed E-state index contributed by atoms with van der Waals surface area (Å²) in [4.78, 5) is 22.4. The zero-order valence-electron chi connectivity index (χ0n) is 10.8. The Kier molecular flexibility index (Phi) is 5.79. The molecule has 6 heteroatoms. The highest BCUT2D eigenvalue weighted by Crippen LogP contribution is 2.17. The number of nitrogens with one attached hydrogen (secondary N) is 1. The monoisotopic (exact) mass is 285 g/mol. The summed E-state index contributed by atoms with van der Waals surface area (Å²) in [5, 5.41) is 11.6. The Labute approximate surface area is 116 Å². The maximum atomic E-state index is 11.9. The van der Waals surface area contributed by atoms with E-state index in [9.17, 15) is 9.59 Å². The minimum atomic E-state index is -0.977. The van der Waals surface area contributed by atoms with E-state index in [-0.39, 0.29) is 18.9 Å². The topological polar surface area (TPSA) is 75.6 Å². The van der Waals surface area contributed by atoms with Crippen LogP contribution in [0, 0.1) is 6.92 Å². The third-order valence-corrected chi connectivity index (χ3v) is 2.91. The van der Waals surface area contributed by atoms with Crippen LogP contribution in [0.15, 0.2) is 18.2 Å². The second-order valence-corrected chi connectivity index (χ2v) is 4.56. The number of carbonyl (C=O) groups is 2. The van der Waals surface area contributed by atoms with Gasteiger partial charge in [-0.2, -0.15) is 0 Å². The van der Waals surface area contributed by atoms with Crippen LogP contribution in [0.1, 0.15) is 22.3 Å². The molecule has 0 radical (unpaired) electrons. The van der Waals surface area contributed by atoms with Gasteiger partial charge < -0.3 is 15.2 Å². The SMILES string of the molecule is COC(CNC(=O)c1ccc(C)cc1Cl)CC(=O)O. The molecule has 0 saturated heterocycles. The van der Waals surface area contributed by atoms with Gasteiger partial charge in [-0.3, -0.25) is 9.59 Å². The van der Waals surface area contributed by atoms with E-state index < -0.39 is 12.1 Å². The molecule has 0 spiro atoms. The van der Waals surface area contributed by atoms with Crippen LogP contribution >= 0.6 is 11.6 Å². The van der Waals surface area contributed by atoms with Gasteiger partial charge in [0.2, 0.25) is 0 Å². The van der Waals surface area contributed by atoms with Crippen LogP contribution in [0.2, 0.25) is 5.02 Å². The Morgan fingerprint density at radius 2 is 2.16 bits per heavy atom. The molecule has 5 nitrogen and oxygen atoms in total. The lowest BCUT2D eigenvalue weighted by Gasteiger charge is -2.14. The van der Waals surface area contributed by atoms with Crippen molar-refractivity contribution in [1.29, 1.82) is 0 Å². The number of amides is 1. The number of hydrogen-bond acceptors (Lipinski definition) is 3. The average molecular weight is 286 g/mol. The molecule has 19 heavy (non-hydrogen) atoms. The van der Waals surface area contributed by atoms with E-state index in [2.05, 4.69) is 5.32 Å². The van der Waals surface area contributed by atoms with Crippen molar-refractivity contribution in [3.8, 4) is 0 Å². The Bertz CT molecular complexity index is 476. The van der Waals surface area contributed by atoms with Crippen LogP contribution in [-0.2, 0) is 9.53 Å². The third-order valence-electron chi connectivity index (χ3n) is 2.60. The number of carbonyl (C=O) groups excluding carboxylic acids is 1. The summed E-state index contributed by atoms with van der Waals surface area (Å²) in [7, 11) is 1.40. The summed E-state index contributed by atoms with van der Waals surface area (Å²) >= 11 is 5.97. The molecule has 0 aliphatic rings. The van der Waals surface area contributed by atoms with Gasteiger partial charge in [0.25, 0.3) is 5.91 Å². The second kappa shape index (κ2) is 7.11. The Hall–Kier alpha value is -1.59. The quantitative estimate of drug-likeness (QED) is 0.836. The molecule has 1 atom stereocenters. The van der Waals surface area contributed by atoms with Gasteiger partial charge in [-0.25, -0.2) is 0 Å². The fourth-order valence-corrected chi connectivity index (χ4v) is 1.86. The predicted molar refractivity (Wildman–Crippen MR) is 71.6 cm³/mol. The smallest absolute Gasteiger partial charge is 0.306 e. The van der Waals surface area contributed by atoms with Gasteiger partial charge in [-0.05, 0) is 24.6 Å². The number of aryl methyl sites for hydroxylation is 1. The van der Waals surface area contributed by atoms with Crippen molar-refractivity contribution in [3.63, 3.8) is 0 Å². The highest BCUT2D eigenvalue weighted by atomic mass is 35.5. The zero-order chi connectivity index (χ0) is 14.4. The number of ether oxygens (including phenoxy) is 1. The molecule has 0 fully saturated rings. The molecule has 0 bridgehead atoms. The molecule has 1 unspecified atom stereocenters. The van der Waals surface area contributed by atoms with Gasteiger partial charge in [0.05, 0.1) is 23.1 Å². The predicted octanol–water partition coefficient (Wildman–Crippen LogP) is 1.87. The van der Waals surface area contributed by atoms with E-state index in [1.807, 2.05) is 6.92 Å². The van der Waals surface area contributed by atoms with E-state index in [0.29, 0.717) is 10.6 Å². The molecule has 0 heterocycles. The standard InChI is InChI=1S/C13H16ClNO4/c1-8-3-4-10(11(14)5-8)13(18)15-7-9(19-2)6-12(16)17/h3-5,9H,6-7H2,1-2H3,(H,15,18)(H,16,17). The van der Waals surface area contributed by atoms with Crippen LogP contribution in [0.5, 0.6) is 0 Å². The highest BCUT2D eigenvalue weighted by Gasteiger charge is 2.15. The average Bonchev–Trinajstić information content (AvgIpc) is 2.33. The minimum absolute atomic E-state index is 0.117. The lowest BCUT2D eigenvalue weighted by molar-refractivity contribution is -0.139. The van der Waals surface area contributed by atoms with Crippen molar-refractivity contribution in [2.45, 2.75) is 19.4 Å². The van der Waals surface area contributed by atoms with Crippen molar-refractivity contribution >= 4 is 23.5 Å². The first-order valence-electron chi connectivity index (χ1n) is 5.73. The van der Waals surface area contributed by atoms with Crippen molar-refractivity contribution in [2.24, 2.45) is 0 Å². The van der Waals surface area contributed by atoms with Gasteiger partial charge in [0.1, 0.15) is 0 Å². The number of carboxylic acids is 1. The van der Waals surface area contributed by atoms with Crippen molar-refractivity contribution in [2.75, 3.05) is 13.7 Å². The number of aliphatic carboxylic acids is 1. The van der Waals surface area contributed by atoms with Gasteiger partial charge in [-0.15, -0.1) is 0 Å².